The van der Waals surface area contributed by atoms with E-state index < -0.39 is 10.0 Å². The summed E-state index contributed by atoms with van der Waals surface area (Å²) >= 11 is 2.74. The molecule has 1 amide bonds. The molecule has 28 heavy (non-hydrogen) atoms. The van der Waals surface area contributed by atoms with Gasteiger partial charge in [0.15, 0.2) is 4.34 Å². The molecular formula is C16H21N5O4S3. The number of carbonyl (C=O) groups is 1. The summed E-state index contributed by atoms with van der Waals surface area (Å²) in [6, 6.07) is 4.78. The molecule has 12 heteroatoms. The molecule has 1 aliphatic heterocycles. The first-order valence-electron chi connectivity index (χ1n) is 8.52. The van der Waals surface area contributed by atoms with E-state index in [2.05, 4.69) is 25.1 Å². The lowest BCUT2D eigenvalue weighted by molar-refractivity contribution is -0.113. The van der Waals surface area contributed by atoms with Crippen molar-refractivity contribution >= 4 is 49.8 Å². The number of hydrogen-bond donors (Lipinski definition) is 2. The highest BCUT2D eigenvalue weighted by molar-refractivity contribution is 8.01. The molecule has 9 nitrogen and oxygen atoms in total. The Labute approximate surface area is 171 Å². The van der Waals surface area contributed by atoms with Crippen LogP contribution in [0.25, 0.3) is 0 Å². The number of amides is 1. The predicted molar refractivity (Wildman–Crippen MR) is 110 cm³/mol. The van der Waals surface area contributed by atoms with Crippen molar-refractivity contribution in [2.24, 2.45) is 0 Å². The number of carbonyl (C=O) groups excluding carboxylic acids is 1. The predicted octanol–water partition coefficient (Wildman–Crippen LogP) is 1.32. The zero-order valence-corrected chi connectivity index (χ0v) is 17.9. The van der Waals surface area contributed by atoms with Gasteiger partial charge in [0.05, 0.1) is 23.9 Å². The number of nitrogens with one attached hydrogen (secondary N) is 2. The Balaban J connectivity index is 1.58. The molecule has 0 spiro atoms. The third kappa shape index (κ3) is 5.20. The molecule has 152 valence electrons. The number of hydrogen-bond acceptors (Lipinski definition) is 9. The molecule has 2 heterocycles. The minimum atomic E-state index is -3.59. The van der Waals surface area contributed by atoms with E-state index in [0.717, 1.165) is 18.2 Å². The number of aromatic nitrogens is 2. The zero-order valence-electron chi connectivity index (χ0n) is 15.5. The van der Waals surface area contributed by atoms with Crippen LogP contribution in [-0.4, -0.2) is 63.6 Å². The van der Waals surface area contributed by atoms with E-state index in [9.17, 15) is 13.2 Å². The summed E-state index contributed by atoms with van der Waals surface area (Å²) in [5.41, 5.74) is 1.03. The molecule has 2 N–H and O–H groups in total. The van der Waals surface area contributed by atoms with Crippen LogP contribution in [0.4, 0.5) is 10.8 Å². The SMILES string of the molecule is CNS(=O)(=O)c1cc(NC(=O)CSc2nnc(N3CCOCC3)s2)ccc1C. The van der Waals surface area contributed by atoms with E-state index in [-0.39, 0.29) is 16.6 Å². The van der Waals surface area contributed by atoms with Crippen molar-refractivity contribution in [1.29, 1.82) is 0 Å². The fourth-order valence-electron chi connectivity index (χ4n) is 2.54. The van der Waals surface area contributed by atoms with Gasteiger partial charge < -0.3 is 15.0 Å². The molecular weight excluding hydrogens is 422 g/mol. The second kappa shape index (κ2) is 9.18. The average molecular weight is 444 g/mol. The van der Waals surface area contributed by atoms with E-state index in [1.54, 1.807) is 19.1 Å². The molecule has 1 saturated heterocycles. The average Bonchev–Trinajstić information content (AvgIpc) is 3.17. The van der Waals surface area contributed by atoms with Crippen molar-refractivity contribution < 1.29 is 17.9 Å². The number of benzene rings is 1. The number of thioether (sulfide) groups is 1. The Morgan fingerprint density at radius 3 is 2.79 bits per heavy atom. The van der Waals surface area contributed by atoms with Gasteiger partial charge in [0, 0.05) is 18.8 Å². The molecule has 1 aromatic heterocycles. The Morgan fingerprint density at radius 2 is 2.07 bits per heavy atom. The molecule has 1 aromatic carbocycles. The number of aryl methyl sites for hydroxylation is 1. The monoisotopic (exact) mass is 443 g/mol. The summed E-state index contributed by atoms with van der Waals surface area (Å²) in [7, 11) is -2.24. The number of rotatable bonds is 7. The van der Waals surface area contributed by atoms with Gasteiger partial charge in [0.25, 0.3) is 0 Å². The standard InChI is InChI=1S/C16H21N5O4S3/c1-11-3-4-12(9-13(11)28(23,24)17-2)18-14(22)10-26-16-20-19-15(27-16)21-5-7-25-8-6-21/h3-4,9,17H,5-8,10H2,1-2H3,(H,18,22). The quantitative estimate of drug-likeness (QED) is 0.616. The molecule has 0 unspecified atom stereocenters. The highest BCUT2D eigenvalue weighted by Gasteiger charge is 2.18. The largest absolute Gasteiger partial charge is 0.378 e. The van der Waals surface area contributed by atoms with Crippen molar-refractivity contribution in [3.8, 4) is 0 Å². The summed E-state index contributed by atoms with van der Waals surface area (Å²) in [5.74, 6) is -0.0931. The Hall–Kier alpha value is -1.73. The maximum Gasteiger partial charge on any atom is 0.240 e. The van der Waals surface area contributed by atoms with Crippen LogP contribution in [0, 0.1) is 6.92 Å². The van der Waals surface area contributed by atoms with Gasteiger partial charge in [0.1, 0.15) is 0 Å². The summed E-state index contributed by atoms with van der Waals surface area (Å²) in [4.78, 5) is 14.5. The van der Waals surface area contributed by atoms with Crippen molar-refractivity contribution in [1.82, 2.24) is 14.9 Å². The van der Waals surface area contributed by atoms with Crippen LogP contribution in [0.1, 0.15) is 5.56 Å². The van der Waals surface area contributed by atoms with Gasteiger partial charge in [-0.05, 0) is 31.7 Å². The van der Waals surface area contributed by atoms with Gasteiger partial charge in [-0.3, -0.25) is 4.79 Å². The summed E-state index contributed by atoms with van der Waals surface area (Å²) in [6.07, 6.45) is 0. The molecule has 1 fully saturated rings. The number of morpholine rings is 1. The van der Waals surface area contributed by atoms with Crippen LogP contribution in [0.15, 0.2) is 27.4 Å². The van der Waals surface area contributed by atoms with Gasteiger partial charge in [-0.25, -0.2) is 13.1 Å². The van der Waals surface area contributed by atoms with E-state index in [1.165, 1.54) is 36.2 Å². The van der Waals surface area contributed by atoms with E-state index >= 15 is 0 Å². The third-order valence-corrected chi connectivity index (χ3v) is 7.71. The highest BCUT2D eigenvalue weighted by atomic mass is 32.2. The first-order chi connectivity index (χ1) is 13.4. The molecule has 0 saturated carbocycles. The minimum absolute atomic E-state index is 0.139. The first kappa shape index (κ1) is 21.0. The first-order valence-corrected chi connectivity index (χ1v) is 11.8. The van der Waals surface area contributed by atoms with Crippen molar-refractivity contribution in [3.63, 3.8) is 0 Å². The Bertz CT molecular complexity index is 942. The normalized spacial score (nSPS) is 14.9. The fraction of sp³-hybridized carbons (Fsp3) is 0.438. The van der Waals surface area contributed by atoms with Crippen LogP contribution < -0.4 is 14.9 Å². The van der Waals surface area contributed by atoms with Gasteiger partial charge in [0.2, 0.25) is 21.1 Å². The van der Waals surface area contributed by atoms with Crippen LogP contribution in [0.2, 0.25) is 0 Å². The highest BCUT2D eigenvalue weighted by Crippen LogP contribution is 2.28. The smallest absolute Gasteiger partial charge is 0.240 e. The van der Waals surface area contributed by atoms with Crippen molar-refractivity contribution in [3.05, 3.63) is 23.8 Å². The maximum atomic E-state index is 12.2. The molecule has 0 atom stereocenters. The molecule has 1 aliphatic rings. The molecule has 0 aliphatic carbocycles. The van der Waals surface area contributed by atoms with Crippen LogP contribution in [0.5, 0.6) is 0 Å². The number of nitrogens with zero attached hydrogens (tertiary/aromatic N) is 3. The minimum Gasteiger partial charge on any atom is -0.378 e. The second-order valence-corrected chi connectivity index (χ2v) is 10.0. The van der Waals surface area contributed by atoms with Gasteiger partial charge >= 0.3 is 0 Å². The Morgan fingerprint density at radius 1 is 1.32 bits per heavy atom. The maximum absolute atomic E-state index is 12.2. The zero-order chi connectivity index (χ0) is 20.1. The summed E-state index contributed by atoms with van der Waals surface area (Å²) in [6.45, 7) is 4.61. The molecule has 2 aromatic rings. The number of sulfonamides is 1. The fourth-order valence-corrected chi connectivity index (χ4v) is 5.23. The van der Waals surface area contributed by atoms with E-state index in [1.807, 2.05) is 0 Å². The lowest BCUT2D eigenvalue weighted by Crippen LogP contribution is -2.36. The lowest BCUT2D eigenvalue weighted by atomic mass is 10.2. The topological polar surface area (TPSA) is 114 Å². The number of anilines is 2. The van der Waals surface area contributed by atoms with Crippen molar-refractivity contribution in [2.45, 2.75) is 16.2 Å². The molecule has 0 bridgehead atoms. The Kier molecular flexibility index (Phi) is 6.88. The molecule has 3 rings (SSSR count). The third-order valence-electron chi connectivity index (χ3n) is 4.03. The summed E-state index contributed by atoms with van der Waals surface area (Å²) < 4.78 is 32.4. The number of ether oxygens (including phenoxy) is 1. The lowest BCUT2D eigenvalue weighted by Gasteiger charge is -2.25. The van der Waals surface area contributed by atoms with Gasteiger partial charge in [-0.15, -0.1) is 10.2 Å². The van der Waals surface area contributed by atoms with Crippen LogP contribution in [0.3, 0.4) is 0 Å². The molecule has 0 radical (unpaired) electrons. The summed E-state index contributed by atoms with van der Waals surface area (Å²) in [5, 5.41) is 11.8. The van der Waals surface area contributed by atoms with Crippen LogP contribution >= 0.6 is 23.1 Å². The second-order valence-electron chi connectivity index (χ2n) is 5.97. The van der Waals surface area contributed by atoms with Gasteiger partial charge in [-0.1, -0.05) is 29.2 Å². The van der Waals surface area contributed by atoms with E-state index in [0.29, 0.717) is 28.8 Å². The van der Waals surface area contributed by atoms with Gasteiger partial charge in [-0.2, -0.15) is 0 Å². The van der Waals surface area contributed by atoms with E-state index in [4.69, 9.17) is 4.74 Å². The van der Waals surface area contributed by atoms with Crippen LogP contribution in [-0.2, 0) is 19.6 Å². The van der Waals surface area contributed by atoms with Crippen molar-refractivity contribution in [2.75, 3.05) is 49.3 Å².